The van der Waals surface area contributed by atoms with Crippen molar-refractivity contribution in [3.8, 4) is 0 Å². The second-order valence-electron chi connectivity index (χ2n) is 5.54. The highest BCUT2D eigenvalue weighted by Crippen LogP contribution is 2.44. The molecule has 1 fully saturated rings. The van der Waals surface area contributed by atoms with Gasteiger partial charge in [-0.15, -0.1) is 11.3 Å². The van der Waals surface area contributed by atoms with Gasteiger partial charge in [0, 0.05) is 10.2 Å². The van der Waals surface area contributed by atoms with Gasteiger partial charge in [0.1, 0.15) is 0 Å². The summed E-state index contributed by atoms with van der Waals surface area (Å²) in [6.07, 6.45) is 6.24. The molecule has 0 radical (unpaired) electrons. The summed E-state index contributed by atoms with van der Waals surface area (Å²) in [5.41, 5.74) is 8.16. The maximum Gasteiger partial charge on any atom is 0.0452 e. The third-order valence-electron chi connectivity index (χ3n) is 4.59. The second kappa shape index (κ2) is 4.67. The van der Waals surface area contributed by atoms with E-state index in [0.717, 1.165) is 6.42 Å². The van der Waals surface area contributed by atoms with Gasteiger partial charge in [0.2, 0.25) is 0 Å². The Bertz CT molecular complexity index is 545. The molecular formula is C16H21NS. The Morgan fingerprint density at radius 2 is 2.22 bits per heavy atom. The lowest BCUT2D eigenvalue weighted by molar-refractivity contribution is 0.186. The number of rotatable bonds is 2. The van der Waals surface area contributed by atoms with Gasteiger partial charge in [0.05, 0.1) is 0 Å². The summed E-state index contributed by atoms with van der Waals surface area (Å²) in [6, 6.07) is 8.83. The molecule has 2 unspecified atom stereocenters. The molecule has 1 saturated carbocycles. The molecule has 2 atom stereocenters. The summed E-state index contributed by atoms with van der Waals surface area (Å²) in [7, 11) is 0. The van der Waals surface area contributed by atoms with E-state index in [1.165, 1.54) is 41.3 Å². The van der Waals surface area contributed by atoms with E-state index >= 15 is 0 Å². The highest BCUT2D eigenvalue weighted by molar-refractivity contribution is 7.17. The minimum absolute atomic E-state index is 0.0998. The number of nitrogens with two attached hydrogens (primary N) is 1. The largest absolute Gasteiger partial charge is 0.321 e. The summed E-state index contributed by atoms with van der Waals surface area (Å²) >= 11 is 1.84. The molecule has 18 heavy (non-hydrogen) atoms. The molecule has 1 nitrogen and oxygen atoms in total. The molecule has 1 aromatic heterocycles. The van der Waals surface area contributed by atoms with Crippen LogP contribution in [0.1, 0.15) is 44.6 Å². The Labute approximate surface area is 113 Å². The van der Waals surface area contributed by atoms with Crippen molar-refractivity contribution in [1.29, 1.82) is 0 Å². The van der Waals surface area contributed by atoms with Crippen LogP contribution in [0.3, 0.4) is 0 Å². The molecule has 2 heteroatoms. The minimum Gasteiger partial charge on any atom is -0.321 e. The van der Waals surface area contributed by atoms with Crippen LogP contribution < -0.4 is 5.73 Å². The van der Waals surface area contributed by atoms with Gasteiger partial charge in [-0.2, -0.15) is 0 Å². The highest BCUT2D eigenvalue weighted by Gasteiger charge is 2.38. The molecule has 1 aromatic carbocycles. The zero-order valence-electron chi connectivity index (χ0n) is 11.0. The molecule has 0 aliphatic heterocycles. The Morgan fingerprint density at radius 1 is 1.33 bits per heavy atom. The molecule has 2 N–H and O–H groups in total. The van der Waals surface area contributed by atoms with Crippen LogP contribution >= 0.6 is 11.3 Å². The van der Waals surface area contributed by atoms with Crippen molar-refractivity contribution < 1.29 is 0 Å². The van der Waals surface area contributed by atoms with E-state index in [1.54, 1.807) is 0 Å². The lowest BCUT2D eigenvalue weighted by Crippen LogP contribution is -2.46. The van der Waals surface area contributed by atoms with E-state index in [1.807, 2.05) is 11.3 Å². The number of fused-ring (bicyclic) bond motifs is 1. The van der Waals surface area contributed by atoms with E-state index in [-0.39, 0.29) is 5.54 Å². The normalized spacial score (nSPS) is 28.7. The Morgan fingerprint density at radius 3 is 3.06 bits per heavy atom. The fourth-order valence-electron chi connectivity index (χ4n) is 3.55. The smallest absolute Gasteiger partial charge is 0.0452 e. The van der Waals surface area contributed by atoms with Gasteiger partial charge >= 0.3 is 0 Å². The van der Waals surface area contributed by atoms with Gasteiger partial charge in [-0.3, -0.25) is 0 Å². The molecule has 0 spiro atoms. The monoisotopic (exact) mass is 259 g/mol. The molecule has 0 bridgehead atoms. The van der Waals surface area contributed by atoms with Crippen LogP contribution in [-0.2, 0) is 5.54 Å². The average Bonchev–Trinajstić information content (AvgIpc) is 2.87. The molecule has 3 rings (SSSR count). The van der Waals surface area contributed by atoms with E-state index in [0.29, 0.717) is 5.92 Å². The topological polar surface area (TPSA) is 26.0 Å². The SMILES string of the molecule is CCC1CCCCC1(N)c1cccc2ccsc12. The summed E-state index contributed by atoms with van der Waals surface area (Å²) in [4.78, 5) is 0. The van der Waals surface area contributed by atoms with E-state index in [9.17, 15) is 0 Å². The molecule has 1 aliphatic rings. The number of hydrogen-bond acceptors (Lipinski definition) is 2. The fraction of sp³-hybridized carbons (Fsp3) is 0.500. The van der Waals surface area contributed by atoms with Gasteiger partial charge in [0.15, 0.2) is 0 Å². The molecule has 1 aliphatic carbocycles. The van der Waals surface area contributed by atoms with Gasteiger partial charge in [-0.05, 0) is 41.2 Å². The second-order valence-corrected chi connectivity index (χ2v) is 6.45. The highest BCUT2D eigenvalue weighted by atomic mass is 32.1. The predicted octanol–water partition coefficient (Wildman–Crippen LogP) is 4.66. The zero-order chi connectivity index (χ0) is 12.6. The van der Waals surface area contributed by atoms with Gasteiger partial charge in [-0.1, -0.05) is 44.4 Å². The van der Waals surface area contributed by atoms with Gasteiger partial charge < -0.3 is 5.73 Å². The quantitative estimate of drug-likeness (QED) is 0.834. The van der Waals surface area contributed by atoms with Crippen LogP contribution in [0.5, 0.6) is 0 Å². The lowest BCUT2D eigenvalue weighted by Gasteiger charge is -2.41. The molecular weight excluding hydrogens is 238 g/mol. The Balaban J connectivity index is 2.14. The van der Waals surface area contributed by atoms with Crippen molar-refractivity contribution in [3.63, 3.8) is 0 Å². The van der Waals surface area contributed by atoms with Crippen molar-refractivity contribution in [2.45, 2.75) is 44.6 Å². The standard InChI is InChI=1S/C16H21NS/c1-2-13-7-3-4-10-16(13,17)14-8-5-6-12-9-11-18-15(12)14/h5-6,8-9,11,13H,2-4,7,10,17H2,1H3. The first-order valence-corrected chi connectivity index (χ1v) is 7.89. The molecule has 96 valence electrons. The molecule has 0 saturated heterocycles. The molecule has 1 heterocycles. The first-order valence-electron chi connectivity index (χ1n) is 7.01. The Kier molecular flexibility index (Phi) is 3.16. The number of benzene rings is 1. The predicted molar refractivity (Wildman–Crippen MR) is 79.9 cm³/mol. The first kappa shape index (κ1) is 12.2. The van der Waals surface area contributed by atoms with Gasteiger partial charge in [-0.25, -0.2) is 0 Å². The van der Waals surface area contributed by atoms with Crippen molar-refractivity contribution in [2.75, 3.05) is 0 Å². The van der Waals surface area contributed by atoms with Crippen molar-refractivity contribution in [1.82, 2.24) is 0 Å². The maximum absolute atomic E-state index is 6.87. The van der Waals surface area contributed by atoms with Crippen LogP contribution in [0.2, 0.25) is 0 Å². The van der Waals surface area contributed by atoms with E-state index in [4.69, 9.17) is 5.73 Å². The van der Waals surface area contributed by atoms with Crippen LogP contribution in [0, 0.1) is 5.92 Å². The fourth-order valence-corrected chi connectivity index (χ4v) is 4.56. The van der Waals surface area contributed by atoms with E-state index < -0.39 is 0 Å². The van der Waals surface area contributed by atoms with Crippen molar-refractivity contribution >= 4 is 21.4 Å². The molecule has 0 amide bonds. The summed E-state index contributed by atoms with van der Waals surface area (Å²) in [5.74, 6) is 0.638. The Hall–Kier alpha value is -0.860. The van der Waals surface area contributed by atoms with Crippen molar-refractivity contribution in [2.24, 2.45) is 11.7 Å². The third kappa shape index (κ3) is 1.79. The first-order chi connectivity index (χ1) is 8.75. The summed E-state index contributed by atoms with van der Waals surface area (Å²) in [5, 5.41) is 3.53. The van der Waals surface area contributed by atoms with Crippen LogP contribution in [-0.4, -0.2) is 0 Å². The van der Waals surface area contributed by atoms with Crippen LogP contribution in [0.4, 0.5) is 0 Å². The third-order valence-corrected chi connectivity index (χ3v) is 5.56. The minimum atomic E-state index is -0.0998. The van der Waals surface area contributed by atoms with Crippen LogP contribution in [0.25, 0.3) is 10.1 Å². The maximum atomic E-state index is 6.87. The van der Waals surface area contributed by atoms with E-state index in [2.05, 4.69) is 36.6 Å². The summed E-state index contributed by atoms with van der Waals surface area (Å²) < 4.78 is 1.40. The zero-order valence-corrected chi connectivity index (χ0v) is 11.8. The summed E-state index contributed by atoms with van der Waals surface area (Å²) in [6.45, 7) is 2.28. The number of thiophene rings is 1. The van der Waals surface area contributed by atoms with Crippen molar-refractivity contribution in [3.05, 3.63) is 35.2 Å². The van der Waals surface area contributed by atoms with Crippen LogP contribution in [0.15, 0.2) is 29.6 Å². The van der Waals surface area contributed by atoms with Gasteiger partial charge in [0.25, 0.3) is 0 Å². The lowest BCUT2D eigenvalue weighted by atomic mass is 9.68. The number of hydrogen-bond donors (Lipinski definition) is 1. The average molecular weight is 259 g/mol. The molecule has 2 aromatic rings.